The van der Waals surface area contributed by atoms with Gasteiger partial charge in [0.05, 0.1) is 12.9 Å². The molecule has 0 fully saturated rings. The Morgan fingerprint density at radius 3 is 2.90 bits per heavy atom. The monoisotopic (exact) mass is 309 g/mol. The summed E-state index contributed by atoms with van der Waals surface area (Å²) in [6, 6.07) is 4.80. The second kappa shape index (κ2) is 5.53. The number of fused-ring (bicyclic) bond motifs is 1. The van der Waals surface area contributed by atoms with E-state index in [0.29, 0.717) is 11.1 Å². The molecule has 3 N–H and O–H groups in total. The van der Waals surface area contributed by atoms with Crippen molar-refractivity contribution in [2.24, 2.45) is 0 Å². The van der Waals surface area contributed by atoms with Crippen LogP contribution < -0.4 is 11.3 Å². The van der Waals surface area contributed by atoms with Gasteiger partial charge in [0.25, 0.3) is 5.56 Å². The van der Waals surface area contributed by atoms with E-state index in [9.17, 15) is 9.18 Å². The Hall–Kier alpha value is -2.41. The molecular weight excluding hydrogens is 297 g/mol. The van der Waals surface area contributed by atoms with E-state index in [1.54, 1.807) is 19.1 Å². The fourth-order valence-electron chi connectivity index (χ4n) is 2.01. The number of anilines is 1. The maximum atomic E-state index is 13.5. The number of aromatic nitrogens is 4. The topological polar surface area (TPSA) is 89.6 Å². The van der Waals surface area contributed by atoms with Gasteiger partial charge >= 0.3 is 0 Å². The van der Waals surface area contributed by atoms with Crippen LogP contribution in [0.2, 0.25) is 0 Å². The summed E-state index contributed by atoms with van der Waals surface area (Å²) in [5.74, 6) is -0.264. The minimum absolute atomic E-state index is 0. The second-order valence-corrected chi connectivity index (χ2v) is 4.55. The molecule has 0 aliphatic heterocycles. The first-order valence-corrected chi connectivity index (χ1v) is 6.00. The Morgan fingerprint density at radius 1 is 1.43 bits per heavy atom. The van der Waals surface area contributed by atoms with Gasteiger partial charge in [-0.1, -0.05) is 12.1 Å². The fraction of sp³-hybridized carbons (Fsp3) is 0.154. The molecular formula is C13H13ClFN5O. The number of H-pyrrole nitrogens is 1. The first kappa shape index (κ1) is 15.0. The molecule has 3 aromatic rings. The summed E-state index contributed by atoms with van der Waals surface area (Å²) in [4.78, 5) is 22.9. The van der Waals surface area contributed by atoms with Crippen LogP contribution in [0, 0.1) is 12.7 Å². The second-order valence-electron chi connectivity index (χ2n) is 4.55. The van der Waals surface area contributed by atoms with Crippen molar-refractivity contribution in [2.45, 2.75) is 13.5 Å². The molecule has 0 aliphatic carbocycles. The number of nitrogens with zero attached hydrogens (tertiary/aromatic N) is 3. The van der Waals surface area contributed by atoms with Gasteiger partial charge in [0.1, 0.15) is 5.82 Å². The Bertz CT molecular complexity index is 857. The zero-order valence-electron chi connectivity index (χ0n) is 11.1. The molecule has 0 atom stereocenters. The predicted molar refractivity (Wildman–Crippen MR) is 80.0 cm³/mol. The molecule has 0 bridgehead atoms. The number of aryl methyl sites for hydroxylation is 1. The molecule has 0 unspecified atom stereocenters. The summed E-state index contributed by atoms with van der Waals surface area (Å²) >= 11 is 0. The summed E-state index contributed by atoms with van der Waals surface area (Å²) in [7, 11) is 0. The standard InChI is InChI=1S/C13H12FN5O.ClH/c1-7-2-3-8(4-9(7)14)5-19-12(20)10-11(17-6-16-10)18-13(19)15;/h2-4,6H,5H2,1H3,(H2,15,18)(H,16,17);1H. The van der Waals surface area contributed by atoms with Crippen molar-refractivity contribution < 1.29 is 4.39 Å². The number of hydrogen-bond donors (Lipinski definition) is 2. The van der Waals surface area contributed by atoms with Gasteiger partial charge in [-0.15, -0.1) is 12.4 Å². The quantitative estimate of drug-likeness (QED) is 0.752. The van der Waals surface area contributed by atoms with E-state index in [2.05, 4.69) is 15.0 Å². The normalized spacial score (nSPS) is 10.6. The molecule has 1 aromatic carbocycles. The number of benzene rings is 1. The number of hydrogen-bond acceptors (Lipinski definition) is 4. The summed E-state index contributed by atoms with van der Waals surface area (Å²) < 4.78 is 14.8. The Labute approximate surface area is 125 Å². The Kier molecular flexibility index (Phi) is 3.95. The SMILES string of the molecule is Cc1ccc(Cn2c(N)nc3nc[nH]c3c2=O)cc1F.Cl. The predicted octanol–water partition coefficient (Wildman–Crippen LogP) is 1.62. The van der Waals surface area contributed by atoms with Gasteiger partial charge < -0.3 is 10.7 Å². The van der Waals surface area contributed by atoms with E-state index < -0.39 is 0 Å². The smallest absolute Gasteiger partial charge is 0.281 e. The average Bonchev–Trinajstić information content (AvgIpc) is 2.87. The molecule has 8 heteroatoms. The maximum Gasteiger partial charge on any atom is 0.281 e. The lowest BCUT2D eigenvalue weighted by atomic mass is 10.1. The molecule has 21 heavy (non-hydrogen) atoms. The summed E-state index contributed by atoms with van der Waals surface area (Å²) in [6.07, 6.45) is 1.38. The lowest BCUT2D eigenvalue weighted by molar-refractivity contribution is 0.613. The van der Waals surface area contributed by atoms with Crippen LogP contribution in [0.4, 0.5) is 10.3 Å². The molecule has 0 amide bonds. The number of halogens is 2. The van der Waals surface area contributed by atoms with E-state index in [0.717, 1.165) is 0 Å². The van der Waals surface area contributed by atoms with Crippen molar-refractivity contribution in [1.82, 2.24) is 19.5 Å². The highest BCUT2D eigenvalue weighted by molar-refractivity contribution is 5.85. The number of imidazole rings is 1. The molecule has 2 aromatic heterocycles. The maximum absolute atomic E-state index is 13.5. The van der Waals surface area contributed by atoms with E-state index in [1.165, 1.54) is 17.0 Å². The van der Waals surface area contributed by atoms with Crippen molar-refractivity contribution in [3.05, 3.63) is 51.8 Å². The highest BCUT2D eigenvalue weighted by Gasteiger charge is 2.11. The molecule has 110 valence electrons. The molecule has 0 saturated heterocycles. The van der Waals surface area contributed by atoms with Gasteiger partial charge in [0.15, 0.2) is 11.2 Å². The first-order valence-electron chi connectivity index (χ1n) is 6.00. The molecule has 0 radical (unpaired) electrons. The highest BCUT2D eigenvalue weighted by atomic mass is 35.5. The van der Waals surface area contributed by atoms with Crippen LogP contribution in [0.25, 0.3) is 11.2 Å². The van der Waals surface area contributed by atoms with Crippen LogP contribution in [0.15, 0.2) is 29.3 Å². The van der Waals surface area contributed by atoms with E-state index in [4.69, 9.17) is 5.73 Å². The van der Waals surface area contributed by atoms with Crippen molar-refractivity contribution in [3.8, 4) is 0 Å². The highest BCUT2D eigenvalue weighted by Crippen LogP contribution is 2.12. The number of nitrogens with two attached hydrogens (primary N) is 1. The number of nitrogens with one attached hydrogen (secondary N) is 1. The average molecular weight is 310 g/mol. The van der Waals surface area contributed by atoms with Crippen LogP contribution in [-0.4, -0.2) is 19.5 Å². The molecule has 0 saturated carbocycles. The third kappa shape index (κ3) is 2.59. The zero-order chi connectivity index (χ0) is 14.3. The van der Waals surface area contributed by atoms with Crippen molar-refractivity contribution in [1.29, 1.82) is 0 Å². The van der Waals surface area contributed by atoms with Gasteiger partial charge in [-0.3, -0.25) is 9.36 Å². The third-order valence-electron chi connectivity index (χ3n) is 3.15. The van der Waals surface area contributed by atoms with Crippen molar-refractivity contribution in [2.75, 3.05) is 5.73 Å². The zero-order valence-corrected chi connectivity index (χ0v) is 11.9. The first-order chi connectivity index (χ1) is 9.56. The van der Waals surface area contributed by atoms with E-state index in [-0.39, 0.29) is 47.4 Å². The van der Waals surface area contributed by atoms with Crippen LogP contribution in [0.5, 0.6) is 0 Å². The van der Waals surface area contributed by atoms with Gasteiger partial charge in [0.2, 0.25) is 5.95 Å². The molecule has 3 rings (SSSR count). The summed E-state index contributed by atoms with van der Waals surface area (Å²) in [5.41, 5.74) is 7.19. The van der Waals surface area contributed by atoms with Gasteiger partial charge in [-0.25, -0.2) is 9.37 Å². The van der Waals surface area contributed by atoms with Crippen LogP contribution in [-0.2, 0) is 6.54 Å². The third-order valence-corrected chi connectivity index (χ3v) is 3.15. The summed E-state index contributed by atoms with van der Waals surface area (Å²) in [6.45, 7) is 1.84. The van der Waals surface area contributed by atoms with Crippen molar-refractivity contribution >= 4 is 29.5 Å². The Balaban J connectivity index is 0.00000161. The minimum Gasteiger partial charge on any atom is -0.369 e. The largest absolute Gasteiger partial charge is 0.369 e. The van der Waals surface area contributed by atoms with Crippen LogP contribution in [0.1, 0.15) is 11.1 Å². The lowest BCUT2D eigenvalue weighted by Crippen LogP contribution is -2.25. The van der Waals surface area contributed by atoms with E-state index >= 15 is 0 Å². The molecule has 0 aliphatic rings. The number of aromatic amines is 1. The minimum atomic E-state index is -0.328. The number of nitrogen functional groups attached to an aromatic ring is 1. The molecule has 2 heterocycles. The van der Waals surface area contributed by atoms with E-state index in [1.807, 2.05) is 0 Å². The molecule has 0 spiro atoms. The van der Waals surface area contributed by atoms with Gasteiger partial charge in [-0.2, -0.15) is 4.98 Å². The van der Waals surface area contributed by atoms with Crippen LogP contribution in [0.3, 0.4) is 0 Å². The van der Waals surface area contributed by atoms with Crippen LogP contribution >= 0.6 is 12.4 Å². The van der Waals surface area contributed by atoms with Gasteiger partial charge in [-0.05, 0) is 24.1 Å². The lowest BCUT2D eigenvalue weighted by Gasteiger charge is -2.09. The van der Waals surface area contributed by atoms with Gasteiger partial charge in [0, 0.05) is 0 Å². The fourth-order valence-corrected chi connectivity index (χ4v) is 2.01. The number of rotatable bonds is 2. The van der Waals surface area contributed by atoms with Crippen molar-refractivity contribution in [3.63, 3.8) is 0 Å². The Morgan fingerprint density at radius 2 is 2.19 bits per heavy atom. The summed E-state index contributed by atoms with van der Waals surface area (Å²) in [5, 5.41) is 0. The molecule has 6 nitrogen and oxygen atoms in total.